The number of oxime groups is 1. The van der Waals surface area contributed by atoms with Crippen LogP contribution in [0.4, 0.5) is 0 Å². The summed E-state index contributed by atoms with van der Waals surface area (Å²) < 4.78 is 10.3. The first kappa shape index (κ1) is 16.4. The molecule has 0 aliphatic heterocycles. The van der Waals surface area contributed by atoms with Crippen LogP contribution in [0.3, 0.4) is 0 Å². The SMILES string of the molecule is CCCSP(=S)(OCC)ON=C(C#N)C(N)=O. The highest BCUT2D eigenvalue weighted by atomic mass is 32.9. The summed E-state index contributed by atoms with van der Waals surface area (Å²) in [5.74, 6) is -0.198. The first-order valence-electron chi connectivity index (χ1n) is 4.84. The van der Waals surface area contributed by atoms with Gasteiger partial charge in [-0.3, -0.25) is 4.79 Å². The zero-order chi connectivity index (χ0) is 13.3. The maximum absolute atomic E-state index is 10.7. The Hall–Kier alpha value is -0.610. The van der Waals surface area contributed by atoms with Crippen LogP contribution < -0.4 is 5.73 Å². The molecule has 96 valence electrons. The van der Waals surface area contributed by atoms with Crippen LogP contribution in [-0.4, -0.2) is 24.0 Å². The third-order valence-corrected chi connectivity index (χ3v) is 6.55. The van der Waals surface area contributed by atoms with Gasteiger partial charge in [0.05, 0.1) is 6.61 Å². The first-order chi connectivity index (χ1) is 7.99. The number of nitriles is 1. The third-order valence-electron chi connectivity index (χ3n) is 1.31. The molecule has 0 aliphatic rings. The third kappa shape index (κ3) is 6.64. The zero-order valence-electron chi connectivity index (χ0n) is 9.58. The molecule has 0 fully saturated rings. The van der Waals surface area contributed by atoms with E-state index in [0.29, 0.717) is 6.61 Å². The number of nitrogens with two attached hydrogens (primary N) is 1. The summed E-state index contributed by atoms with van der Waals surface area (Å²) >= 11 is 6.51. The predicted molar refractivity (Wildman–Crippen MR) is 72.0 cm³/mol. The van der Waals surface area contributed by atoms with Gasteiger partial charge in [0.2, 0.25) is 5.71 Å². The minimum atomic E-state index is -2.64. The van der Waals surface area contributed by atoms with Crippen molar-refractivity contribution in [2.24, 2.45) is 10.9 Å². The van der Waals surface area contributed by atoms with Crippen LogP contribution in [0.5, 0.6) is 0 Å². The minimum absolute atomic E-state index is 0.377. The molecule has 6 nitrogen and oxygen atoms in total. The van der Waals surface area contributed by atoms with Gasteiger partial charge in [0, 0.05) is 5.75 Å². The zero-order valence-corrected chi connectivity index (χ0v) is 12.1. The maximum atomic E-state index is 10.7. The molecule has 1 amide bonds. The first-order valence-corrected chi connectivity index (χ1v) is 9.07. The molecule has 9 heteroatoms. The van der Waals surface area contributed by atoms with Gasteiger partial charge in [-0.25, -0.2) is 0 Å². The monoisotopic (exact) mass is 295 g/mol. The van der Waals surface area contributed by atoms with Crippen LogP contribution in [0.1, 0.15) is 20.3 Å². The smallest absolute Gasteiger partial charge is 0.322 e. The molecule has 0 spiro atoms. The summed E-state index contributed by atoms with van der Waals surface area (Å²) in [6.07, 6.45) is 0.907. The fraction of sp³-hybridized carbons (Fsp3) is 0.625. The number of nitrogens with zero attached hydrogens (tertiary/aromatic N) is 2. The second kappa shape index (κ2) is 8.48. The molecule has 0 bridgehead atoms. The van der Waals surface area contributed by atoms with Gasteiger partial charge in [-0.15, -0.1) is 0 Å². The van der Waals surface area contributed by atoms with Crippen molar-refractivity contribution in [3.63, 3.8) is 0 Å². The van der Waals surface area contributed by atoms with Crippen molar-refractivity contribution in [2.75, 3.05) is 12.4 Å². The molecule has 17 heavy (non-hydrogen) atoms. The van der Waals surface area contributed by atoms with Crippen LogP contribution in [0.2, 0.25) is 0 Å². The number of hydrogen-bond donors (Lipinski definition) is 1. The number of rotatable bonds is 8. The van der Waals surface area contributed by atoms with Gasteiger partial charge in [0.25, 0.3) is 5.91 Å². The largest absolute Gasteiger partial charge is 0.364 e. The second-order valence-corrected chi connectivity index (χ2v) is 9.03. The van der Waals surface area contributed by atoms with Gasteiger partial charge in [0.1, 0.15) is 6.07 Å². The van der Waals surface area contributed by atoms with E-state index in [-0.39, 0.29) is 0 Å². The molecule has 2 N–H and O–H groups in total. The van der Waals surface area contributed by atoms with Crippen LogP contribution in [0.25, 0.3) is 0 Å². The lowest BCUT2D eigenvalue weighted by molar-refractivity contribution is -0.111. The summed E-state index contributed by atoms with van der Waals surface area (Å²) in [7, 11) is 0. The molecule has 0 radical (unpaired) electrons. The van der Waals surface area contributed by atoms with Gasteiger partial charge in [0.15, 0.2) is 0 Å². The van der Waals surface area contributed by atoms with Crippen LogP contribution in [0.15, 0.2) is 5.16 Å². The molecular formula is C8H14N3O3PS2. The van der Waals surface area contributed by atoms with E-state index in [1.165, 1.54) is 17.5 Å². The van der Waals surface area contributed by atoms with Crippen molar-refractivity contribution in [1.29, 1.82) is 5.26 Å². The Balaban J connectivity index is 4.71. The van der Waals surface area contributed by atoms with Crippen molar-refractivity contribution in [3.05, 3.63) is 0 Å². The molecule has 0 saturated carbocycles. The topological polar surface area (TPSA) is 97.7 Å². The number of carbonyl (C=O) groups is 1. The van der Waals surface area contributed by atoms with Crippen molar-refractivity contribution in [2.45, 2.75) is 20.3 Å². The lowest BCUT2D eigenvalue weighted by Gasteiger charge is -2.16. The van der Waals surface area contributed by atoms with E-state index in [1.807, 2.05) is 6.92 Å². The van der Waals surface area contributed by atoms with Gasteiger partial charge in [-0.05, 0) is 25.2 Å². The summed E-state index contributed by atoms with van der Waals surface area (Å²) in [6, 6.07) is 1.53. The normalized spacial score (nSPS) is 14.8. The lowest BCUT2D eigenvalue weighted by Crippen LogP contribution is -2.21. The molecule has 0 aromatic heterocycles. The Morgan fingerprint density at radius 2 is 2.29 bits per heavy atom. The molecule has 0 saturated heterocycles. The number of primary amides is 1. The molecule has 0 rings (SSSR count). The molecule has 0 heterocycles. The second-order valence-electron chi connectivity index (χ2n) is 2.70. The Bertz CT molecular complexity index is 381. The average Bonchev–Trinajstić information content (AvgIpc) is 2.27. The van der Waals surface area contributed by atoms with E-state index in [2.05, 4.69) is 5.16 Å². The molecule has 1 atom stereocenters. The van der Waals surface area contributed by atoms with E-state index < -0.39 is 17.3 Å². The Kier molecular flexibility index (Phi) is 8.17. The highest BCUT2D eigenvalue weighted by molar-refractivity contribution is 8.67. The van der Waals surface area contributed by atoms with E-state index in [4.69, 9.17) is 32.0 Å². The standard InChI is InChI=1S/C8H14N3O3PS2/c1-3-5-17-15(16,13-4-2)14-11-7(6-9)8(10)12/h3-5H2,1-2H3,(H2,10,12). The van der Waals surface area contributed by atoms with E-state index >= 15 is 0 Å². The van der Waals surface area contributed by atoms with Crippen molar-refractivity contribution in [1.82, 2.24) is 0 Å². The Labute approximate surface area is 109 Å². The van der Waals surface area contributed by atoms with Crippen molar-refractivity contribution in [3.8, 4) is 6.07 Å². The summed E-state index contributed by atoms with van der Waals surface area (Å²) in [5.41, 5.74) is 1.75. The van der Waals surface area contributed by atoms with Crippen LogP contribution in [0, 0.1) is 11.3 Å². The highest BCUT2D eigenvalue weighted by Gasteiger charge is 2.21. The van der Waals surface area contributed by atoms with Crippen molar-refractivity contribution >= 4 is 40.5 Å². The van der Waals surface area contributed by atoms with Crippen molar-refractivity contribution < 1.29 is 13.9 Å². The fourth-order valence-electron chi connectivity index (χ4n) is 0.657. The summed E-state index contributed by atoms with van der Waals surface area (Å²) in [5, 5.41) is 11.9. The number of carbonyl (C=O) groups excluding carboxylic acids is 1. The van der Waals surface area contributed by atoms with E-state index in [0.717, 1.165) is 12.2 Å². The quantitative estimate of drug-likeness (QED) is 0.416. The lowest BCUT2D eigenvalue weighted by atomic mass is 10.4. The minimum Gasteiger partial charge on any atom is -0.364 e. The van der Waals surface area contributed by atoms with Gasteiger partial charge in [-0.2, -0.15) is 5.26 Å². The highest BCUT2D eigenvalue weighted by Crippen LogP contribution is 2.61. The fourth-order valence-corrected chi connectivity index (χ4v) is 4.82. The Morgan fingerprint density at radius 1 is 1.65 bits per heavy atom. The van der Waals surface area contributed by atoms with E-state index in [1.54, 1.807) is 6.92 Å². The van der Waals surface area contributed by atoms with Gasteiger partial charge >= 0.3 is 5.69 Å². The molecule has 1 unspecified atom stereocenters. The van der Waals surface area contributed by atoms with Gasteiger partial charge in [-0.1, -0.05) is 23.5 Å². The molecule has 0 aromatic rings. The van der Waals surface area contributed by atoms with Crippen LogP contribution >= 0.6 is 17.1 Å². The van der Waals surface area contributed by atoms with E-state index in [9.17, 15) is 4.79 Å². The molecular weight excluding hydrogens is 281 g/mol. The van der Waals surface area contributed by atoms with Crippen LogP contribution in [-0.2, 0) is 25.7 Å². The summed E-state index contributed by atoms with van der Waals surface area (Å²) in [6.45, 7) is 4.15. The number of hydrogen-bond acceptors (Lipinski definition) is 7. The maximum Gasteiger partial charge on any atom is 0.322 e. The average molecular weight is 295 g/mol. The Morgan fingerprint density at radius 3 is 2.71 bits per heavy atom. The predicted octanol–water partition coefficient (Wildman–Crippen LogP) is 1.77. The van der Waals surface area contributed by atoms with Gasteiger partial charge < -0.3 is 14.9 Å². The molecule has 0 aliphatic carbocycles. The number of amides is 1. The summed E-state index contributed by atoms with van der Waals surface area (Å²) in [4.78, 5) is 10.7. The molecule has 0 aromatic carbocycles.